The van der Waals surface area contributed by atoms with Crippen LogP contribution in [0.1, 0.15) is 18.4 Å². The fraction of sp³-hybridized carbons (Fsp3) is 0.400. The maximum atomic E-state index is 13.5. The van der Waals surface area contributed by atoms with Crippen LogP contribution in [0.3, 0.4) is 0 Å². The summed E-state index contributed by atoms with van der Waals surface area (Å²) >= 11 is 2.93. The summed E-state index contributed by atoms with van der Waals surface area (Å²) in [5.41, 5.74) is -0.258. The van der Waals surface area contributed by atoms with E-state index in [2.05, 4.69) is 15.9 Å². The van der Waals surface area contributed by atoms with Crippen molar-refractivity contribution in [2.24, 2.45) is 0 Å². The first kappa shape index (κ1) is 10.1. The molecule has 0 unspecified atom stereocenters. The Morgan fingerprint density at radius 3 is 2.43 bits per heavy atom. The lowest BCUT2D eigenvalue weighted by Crippen LogP contribution is -2.11. The maximum Gasteiger partial charge on any atom is 0.137 e. The standard InChI is InChI=1S/C10H9BrF2O/c1-14-10(2-3-10)6-4-9(13)7(11)5-8(6)12/h4-5H,2-3H2,1H3. The Bertz CT molecular complexity index is 375. The Kier molecular flexibility index (Phi) is 2.35. The van der Waals surface area contributed by atoms with E-state index in [4.69, 9.17) is 4.74 Å². The summed E-state index contributed by atoms with van der Waals surface area (Å²) in [5.74, 6) is -0.873. The van der Waals surface area contributed by atoms with E-state index >= 15 is 0 Å². The Morgan fingerprint density at radius 1 is 1.29 bits per heavy atom. The normalized spacial score (nSPS) is 18.3. The van der Waals surface area contributed by atoms with Gasteiger partial charge >= 0.3 is 0 Å². The molecule has 0 bridgehead atoms. The molecule has 0 aliphatic heterocycles. The second kappa shape index (κ2) is 3.28. The number of ether oxygens (including phenoxy) is 1. The largest absolute Gasteiger partial charge is 0.373 e. The minimum atomic E-state index is -0.578. The lowest BCUT2D eigenvalue weighted by atomic mass is 10.1. The molecule has 14 heavy (non-hydrogen) atoms. The minimum absolute atomic E-state index is 0.144. The third-order valence-corrected chi connectivity index (χ3v) is 3.20. The van der Waals surface area contributed by atoms with Gasteiger partial charge in [-0.1, -0.05) is 0 Å². The average Bonchev–Trinajstić information content (AvgIpc) is 2.92. The Balaban J connectivity index is 2.49. The first-order chi connectivity index (χ1) is 6.59. The van der Waals surface area contributed by atoms with Crippen molar-refractivity contribution in [2.75, 3.05) is 7.11 Å². The second-order valence-corrected chi connectivity index (χ2v) is 4.30. The van der Waals surface area contributed by atoms with Gasteiger partial charge in [-0.15, -0.1) is 0 Å². The topological polar surface area (TPSA) is 9.23 Å². The molecule has 0 aromatic heterocycles. The summed E-state index contributed by atoms with van der Waals surface area (Å²) in [6.07, 6.45) is 1.50. The van der Waals surface area contributed by atoms with E-state index in [1.165, 1.54) is 13.2 Å². The van der Waals surface area contributed by atoms with Crippen molar-refractivity contribution < 1.29 is 13.5 Å². The van der Waals surface area contributed by atoms with Gasteiger partial charge in [-0.3, -0.25) is 0 Å². The van der Waals surface area contributed by atoms with Crippen LogP contribution in [0.2, 0.25) is 0 Å². The summed E-state index contributed by atoms with van der Waals surface area (Å²) in [6.45, 7) is 0. The summed E-state index contributed by atoms with van der Waals surface area (Å²) in [5, 5.41) is 0. The van der Waals surface area contributed by atoms with Gasteiger partial charge in [0.2, 0.25) is 0 Å². The Labute approximate surface area is 89.2 Å². The second-order valence-electron chi connectivity index (χ2n) is 3.44. The molecular weight excluding hydrogens is 254 g/mol. The number of hydrogen-bond donors (Lipinski definition) is 0. The highest BCUT2D eigenvalue weighted by Gasteiger charge is 2.46. The van der Waals surface area contributed by atoms with Crippen LogP contribution >= 0.6 is 15.9 Å². The van der Waals surface area contributed by atoms with Gasteiger partial charge < -0.3 is 4.74 Å². The van der Waals surface area contributed by atoms with Crippen LogP contribution in [0.4, 0.5) is 8.78 Å². The average molecular weight is 263 g/mol. The van der Waals surface area contributed by atoms with Crippen molar-refractivity contribution in [3.05, 3.63) is 33.8 Å². The molecule has 1 fully saturated rings. The van der Waals surface area contributed by atoms with Gasteiger partial charge in [-0.2, -0.15) is 0 Å². The van der Waals surface area contributed by atoms with Gasteiger partial charge in [0.1, 0.15) is 11.6 Å². The van der Waals surface area contributed by atoms with E-state index in [0.717, 1.165) is 18.9 Å². The summed E-state index contributed by atoms with van der Waals surface area (Å²) in [6, 6.07) is 2.35. The number of hydrogen-bond acceptors (Lipinski definition) is 1. The fourth-order valence-corrected chi connectivity index (χ4v) is 1.88. The van der Waals surface area contributed by atoms with E-state index in [1.807, 2.05) is 0 Å². The summed E-state index contributed by atoms with van der Waals surface area (Å²) < 4.78 is 32.0. The predicted octanol–water partition coefficient (Wildman–Crippen LogP) is 3.36. The quantitative estimate of drug-likeness (QED) is 0.743. The van der Waals surface area contributed by atoms with Crippen LogP contribution in [0, 0.1) is 11.6 Å². The molecule has 0 radical (unpaired) electrons. The monoisotopic (exact) mass is 262 g/mol. The Morgan fingerprint density at radius 2 is 1.93 bits per heavy atom. The van der Waals surface area contributed by atoms with Crippen LogP contribution in [0.5, 0.6) is 0 Å². The molecule has 0 saturated heterocycles. The maximum absolute atomic E-state index is 13.5. The van der Waals surface area contributed by atoms with Crippen molar-refractivity contribution in [1.82, 2.24) is 0 Å². The molecule has 0 atom stereocenters. The van der Waals surface area contributed by atoms with Crippen molar-refractivity contribution >= 4 is 15.9 Å². The van der Waals surface area contributed by atoms with Gasteiger partial charge in [-0.05, 0) is 40.9 Å². The van der Waals surface area contributed by atoms with Crippen molar-refractivity contribution in [3.63, 3.8) is 0 Å². The number of methoxy groups -OCH3 is 1. The van der Waals surface area contributed by atoms with E-state index in [1.54, 1.807) is 0 Å². The van der Waals surface area contributed by atoms with Gasteiger partial charge in [-0.25, -0.2) is 8.78 Å². The first-order valence-corrected chi connectivity index (χ1v) is 5.08. The zero-order valence-corrected chi connectivity index (χ0v) is 9.20. The molecule has 4 heteroatoms. The smallest absolute Gasteiger partial charge is 0.137 e. The van der Waals surface area contributed by atoms with Crippen molar-refractivity contribution in [2.45, 2.75) is 18.4 Å². The zero-order chi connectivity index (χ0) is 10.3. The SMILES string of the molecule is COC1(c2cc(F)c(Br)cc2F)CC1. The minimum Gasteiger partial charge on any atom is -0.373 e. The highest BCUT2D eigenvalue weighted by atomic mass is 79.9. The van der Waals surface area contributed by atoms with Crippen molar-refractivity contribution in [3.8, 4) is 0 Å². The fourth-order valence-electron chi connectivity index (χ4n) is 1.57. The Hall–Kier alpha value is -0.480. The molecule has 1 aromatic rings. The highest BCUT2D eigenvalue weighted by molar-refractivity contribution is 9.10. The molecule has 2 rings (SSSR count). The van der Waals surface area contributed by atoms with Crippen LogP contribution in [0.15, 0.2) is 16.6 Å². The third-order valence-electron chi connectivity index (χ3n) is 2.60. The van der Waals surface area contributed by atoms with E-state index in [9.17, 15) is 8.78 Å². The van der Waals surface area contributed by atoms with E-state index in [0.29, 0.717) is 5.56 Å². The van der Waals surface area contributed by atoms with E-state index < -0.39 is 17.2 Å². The molecule has 76 valence electrons. The molecule has 0 heterocycles. The molecule has 1 aliphatic rings. The zero-order valence-electron chi connectivity index (χ0n) is 7.61. The van der Waals surface area contributed by atoms with Gasteiger partial charge in [0.15, 0.2) is 0 Å². The molecule has 1 aliphatic carbocycles. The molecule has 1 saturated carbocycles. The third kappa shape index (κ3) is 1.46. The van der Waals surface area contributed by atoms with Crippen LogP contribution in [0.25, 0.3) is 0 Å². The highest BCUT2D eigenvalue weighted by Crippen LogP contribution is 2.50. The molecule has 1 nitrogen and oxygen atoms in total. The lowest BCUT2D eigenvalue weighted by molar-refractivity contribution is 0.0753. The number of benzene rings is 1. The first-order valence-electron chi connectivity index (χ1n) is 4.29. The van der Waals surface area contributed by atoms with E-state index in [-0.39, 0.29) is 4.47 Å². The van der Waals surface area contributed by atoms with Crippen LogP contribution < -0.4 is 0 Å². The number of halogens is 3. The number of rotatable bonds is 2. The summed E-state index contributed by atoms with van der Waals surface area (Å²) in [4.78, 5) is 0. The van der Waals surface area contributed by atoms with Gasteiger partial charge in [0, 0.05) is 12.7 Å². The van der Waals surface area contributed by atoms with Crippen LogP contribution in [-0.4, -0.2) is 7.11 Å². The molecule has 1 aromatic carbocycles. The van der Waals surface area contributed by atoms with Crippen molar-refractivity contribution in [1.29, 1.82) is 0 Å². The predicted molar refractivity (Wildman–Crippen MR) is 52.0 cm³/mol. The molecule has 0 spiro atoms. The van der Waals surface area contributed by atoms with Crippen LogP contribution in [-0.2, 0) is 10.3 Å². The van der Waals surface area contributed by atoms with Gasteiger partial charge in [0.05, 0.1) is 10.1 Å². The molecular formula is C10H9BrF2O. The lowest BCUT2D eigenvalue weighted by Gasteiger charge is -2.14. The molecule has 0 amide bonds. The molecule has 0 N–H and O–H groups in total. The summed E-state index contributed by atoms with van der Waals surface area (Å²) in [7, 11) is 1.52. The van der Waals surface area contributed by atoms with Gasteiger partial charge in [0.25, 0.3) is 0 Å².